The number of carbonyl (C=O) groups is 1. The monoisotopic (exact) mass is 393 g/mol. The predicted molar refractivity (Wildman–Crippen MR) is 121 cm³/mol. The summed E-state index contributed by atoms with van der Waals surface area (Å²) in [5.41, 5.74) is 0. The molecule has 1 heterocycles. The molecular formula is C24H47N3O. The maximum absolute atomic E-state index is 12.5. The molecule has 1 aliphatic heterocycles. The normalized spacial score (nSPS) is 18.5. The summed E-state index contributed by atoms with van der Waals surface area (Å²) in [6.07, 6.45) is 23.1. The number of Topliss-reactive ketones (excluding diaryl/α,β-unsaturated/α-hetero) is 1. The molecule has 164 valence electrons. The zero-order valence-corrected chi connectivity index (χ0v) is 18.8. The fraction of sp³-hybridized carbons (Fsp3) is 0.875. The molecule has 0 aromatic heterocycles. The second-order valence-corrected chi connectivity index (χ2v) is 8.45. The van der Waals surface area contributed by atoms with Gasteiger partial charge in [-0.15, -0.1) is 0 Å². The van der Waals surface area contributed by atoms with Crippen LogP contribution < -0.4 is 5.84 Å². The minimum atomic E-state index is -0.170. The lowest BCUT2D eigenvalue weighted by Crippen LogP contribution is -2.48. The summed E-state index contributed by atoms with van der Waals surface area (Å²) in [6.45, 7) is 7.13. The molecule has 0 amide bonds. The van der Waals surface area contributed by atoms with Gasteiger partial charge in [0, 0.05) is 19.5 Å². The van der Waals surface area contributed by atoms with Gasteiger partial charge in [0.05, 0.1) is 0 Å². The van der Waals surface area contributed by atoms with Crippen LogP contribution in [0.5, 0.6) is 0 Å². The van der Waals surface area contributed by atoms with E-state index < -0.39 is 0 Å². The highest BCUT2D eigenvalue weighted by atomic mass is 16.1. The van der Waals surface area contributed by atoms with E-state index in [0.717, 1.165) is 38.9 Å². The minimum Gasteiger partial charge on any atom is -0.296 e. The van der Waals surface area contributed by atoms with Crippen LogP contribution in [0.3, 0.4) is 0 Å². The number of hydrazine groups is 1. The van der Waals surface area contributed by atoms with Crippen LogP contribution in [0.25, 0.3) is 0 Å². The second-order valence-electron chi connectivity index (χ2n) is 8.45. The van der Waals surface area contributed by atoms with Crippen LogP contribution in [0.4, 0.5) is 0 Å². The Balaban J connectivity index is 1.93. The van der Waals surface area contributed by atoms with Gasteiger partial charge in [-0.1, -0.05) is 77.4 Å². The molecule has 4 heteroatoms. The van der Waals surface area contributed by atoms with E-state index in [1.807, 2.05) is 0 Å². The van der Waals surface area contributed by atoms with Gasteiger partial charge < -0.3 is 0 Å². The first-order chi connectivity index (χ1) is 13.7. The molecule has 0 aromatic rings. The van der Waals surface area contributed by atoms with Crippen LogP contribution in [-0.2, 0) is 4.79 Å². The van der Waals surface area contributed by atoms with Gasteiger partial charge in [0.2, 0.25) is 0 Å². The number of allylic oxidation sites excluding steroid dienone is 2. The van der Waals surface area contributed by atoms with Crippen molar-refractivity contribution in [3.8, 4) is 0 Å². The summed E-state index contributed by atoms with van der Waals surface area (Å²) in [5, 5.41) is 1.73. The summed E-state index contributed by atoms with van der Waals surface area (Å²) in [4.78, 5) is 14.7. The third-order valence-electron chi connectivity index (χ3n) is 5.79. The van der Waals surface area contributed by atoms with Gasteiger partial charge in [-0.25, -0.2) is 5.01 Å². The highest BCUT2D eigenvalue weighted by molar-refractivity contribution is 5.83. The Hall–Kier alpha value is -0.710. The number of nitrogens with two attached hydrogens (primary N) is 1. The first-order valence-corrected chi connectivity index (χ1v) is 12.1. The van der Waals surface area contributed by atoms with E-state index in [9.17, 15) is 4.79 Å². The van der Waals surface area contributed by atoms with Gasteiger partial charge in [-0.2, -0.15) is 0 Å². The summed E-state index contributed by atoms with van der Waals surface area (Å²) in [6, 6.07) is 0. The topological polar surface area (TPSA) is 49.6 Å². The van der Waals surface area contributed by atoms with Crippen molar-refractivity contribution in [1.29, 1.82) is 0 Å². The van der Waals surface area contributed by atoms with E-state index in [0.29, 0.717) is 12.2 Å². The lowest BCUT2D eigenvalue weighted by atomic mass is 10.1. The number of ketones is 1. The van der Waals surface area contributed by atoms with Crippen molar-refractivity contribution in [3.63, 3.8) is 0 Å². The SMILES string of the molecule is CCCCCCCCC=CCCCCCCCC(=O)C1N(N)CCN1CCC. The van der Waals surface area contributed by atoms with Gasteiger partial charge >= 0.3 is 0 Å². The summed E-state index contributed by atoms with van der Waals surface area (Å²) in [5.74, 6) is 6.33. The maximum Gasteiger partial charge on any atom is 0.165 e. The molecule has 0 saturated carbocycles. The average Bonchev–Trinajstić information content (AvgIpc) is 3.05. The van der Waals surface area contributed by atoms with E-state index in [1.54, 1.807) is 5.01 Å². The van der Waals surface area contributed by atoms with Crippen LogP contribution in [-0.4, -0.2) is 41.5 Å². The van der Waals surface area contributed by atoms with E-state index in [4.69, 9.17) is 5.84 Å². The molecule has 0 radical (unpaired) electrons. The number of unbranched alkanes of at least 4 members (excludes halogenated alkanes) is 11. The Morgan fingerprint density at radius 1 is 0.821 bits per heavy atom. The molecule has 0 spiro atoms. The smallest absolute Gasteiger partial charge is 0.165 e. The van der Waals surface area contributed by atoms with Crippen LogP contribution in [0.1, 0.15) is 110 Å². The molecule has 2 N–H and O–H groups in total. The van der Waals surface area contributed by atoms with Gasteiger partial charge in [-0.3, -0.25) is 15.5 Å². The van der Waals surface area contributed by atoms with Gasteiger partial charge in [0.1, 0.15) is 6.17 Å². The highest BCUT2D eigenvalue weighted by Crippen LogP contribution is 2.16. The molecule has 1 unspecified atom stereocenters. The van der Waals surface area contributed by atoms with E-state index in [1.165, 1.54) is 70.6 Å². The standard InChI is InChI=1S/C24H47N3O/c1-3-5-6-7-8-9-10-11-12-13-14-15-16-17-18-19-23(28)24-26(20-4-2)21-22-27(24)25/h11-12,24H,3-10,13-22,25H2,1-2H3. The fourth-order valence-corrected chi connectivity index (χ4v) is 4.11. The van der Waals surface area contributed by atoms with E-state index >= 15 is 0 Å². The largest absolute Gasteiger partial charge is 0.296 e. The van der Waals surface area contributed by atoms with Crippen LogP contribution >= 0.6 is 0 Å². The third kappa shape index (κ3) is 11.3. The first-order valence-electron chi connectivity index (χ1n) is 12.1. The van der Waals surface area contributed by atoms with Crippen molar-refractivity contribution in [2.45, 2.75) is 116 Å². The molecular weight excluding hydrogens is 346 g/mol. The summed E-state index contributed by atoms with van der Waals surface area (Å²) < 4.78 is 0. The lowest BCUT2D eigenvalue weighted by molar-refractivity contribution is -0.127. The van der Waals surface area contributed by atoms with Crippen LogP contribution in [0, 0.1) is 0 Å². The zero-order valence-electron chi connectivity index (χ0n) is 18.8. The molecule has 4 nitrogen and oxygen atoms in total. The number of nitrogens with zero attached hydrogens (tertiary/aromatic N) is 2. The van der Waals surface area contributed by atoms with Crippen LogP contribution in [0.15, 0.2) is 12.2 Å². The zero-order chi connectivity index (χ0) is 20.5. The predicted octanol–water partition coefficient (Wildman–Crippen LogP) is 5.82. The second kappa shape index (κ2) is 17.2. The Kier molecular flexibility index (Phi) is 15.5. The Morgan fingerprint density at radius 3 is 2.00 bits per heavy atom. The number of rotatable bonds is 18. The van der Waals surface area contributed by atoms with E-state index in [-0.39, 0.29) is 6.17 Å². The lowest BCUT2D eigenvalue weighted by Gasteiger charge is -2.25. The van der Waals surface area contributed by atoms with Crippen molar-refractivity contribution in [2.75, 3.05) is 19.6 Å². The average molecular weight is 394 g/mol. The minimum absolute atomic E-state index is 0.170. The molecule has 0 bridgehead atoms. The molecule has 0 aliphatic carbocycles. The number of hydrogen-bond acceptors (Lipinski definition) is 4. The summed E-state index contributed by atoms with van der Waals surface area (Å²) >= 11 is 0. The van der Waals surface area contributed by atoms with E-state index in [2.05, 4.69) is 30.9 Å². The third-order valence-corrected chi connectivity index (χ3v) is 5.79. The Bertz CT molecular complexity index is 409. The molecule has 1 aliphatic rings. The van der Waals surface area contributed by atoms with Gasteiger partial charge in [-0.05, 0) is 45.1 Å². The molecule has 28 heavy (non-hydrogen) atoms. The Labute approximate surface area is 174 Å². The van der Waals surface area contributed by atoms with Gasteiger partial charge in [0.25, 0.3) is 0 Å². The van der Waals surface area contributed by atoms with Gasteiger partial charge in [0.15, 0.2) is 5.78 Å². The first kappa shape index (κ1) is 25.3. The van der Waals surface area contributed by atoms with Crippen molar-refractivity contribution in [2.24, 2.45) is 5.84 Å². The highest BCUT2D eigenvalue weighted by Gasteiger charge is 2.34. The molecule has 0 aromatic carbocycles. The maximum atomic E-state index is 12.5. The fourth-order valence-electron chi connectivity index (χ4n) is 4.11. The van der Waals surface area contributed by atoms with Crippen molar-refractivity contribution < 1.29 is 4.79 Å². The van der Waals surface area contributed by atoms with Crippen molar-refractivity contribution >= 4 is 5.78 Å². The Morgan fingerprint density at radius 2 is 1.39 bits per heavy atom. The van der Waals surface area contributed by atoms with Crippen LogP contribution in [0.2, 0.25) is 0 Å². The quantitative estimate of drug-likeness (QED) is 0.181. The number of carbonyl (C=O) groups excluding carboxylic acids is 1. The number of hydrogen-bond donors (Lipinski definition) is 1. The van der Waals surface area contributed by atoms with Crippen molar-refractivity contribution in [3.05, 3.63) is 12.2 Å². The molecule has 1 fully saturated rings. The molecule has 1 rings (SSSR count). The summed E-state index contributed by atoms with van der Waals surface area (Å²) in [7, 11) is 0. The van der Waals surface area contributed by atoms with Crippen molar-refractivity contribution in [1.82, 2.24) is 9.91 Å². The molecule has 1 atom stereocenters. The molecule has 1 saturated heterocycles.